The van der Waals surface area contributed by atoms with Crippen LogP contribution >= 0.6 is 0 Å². The zero-order chi connectivity index (χ0) is 17.4. The highest BCUT2D eigenvalue weighted by molar-refractivity contribution is 6.16. The van der Waals surface area contributed by atoms with Crippen LogP contribution in [0.25, 0.3) is 22.4 Å². The van der Waals surface area contributed by atoms with E-state index in [2.05, 4.69) is 22.2 Å². The van der Waals surface area contributed by atoms with E-state index in [1.807, 2.05) is 54.3 Å². The number of carbonyl (C=O) groups is 1. The molecule has 2 N–H and O–H groups in total. The monoisotopic (exact) mass is 330 g/mol. The van der Waals surface area contributed by atoms with Gasteiger partial charge in [0, 0.05) is 35.8 Å². The zero-order valence-corrected chi connectivity index (χ0v) is 13.9. The Bertz CT molecular complexity index is 986. The smallest absolute Gasteiger partial charge is 0.184 e. The molecule has 1 aliphatic rings. The Hall–Kier alpha value is -3.05. The number of benzene rings is 2. The van der Waals surface area contributed by atoms with Gasteiger partial charge in [0.2, 0.25) is 0 Å². The molecule has 0 unspecified atom stereocenters. The number of fused-ring (bicyclic) bond motifs is 1. The van der Waals surface area contributed by atoms with Crippen molar-refractivity contribution in [3.63, 3.8) is 0 Å². The maximum Gasteiger partial charge on any atom is 0.184 e. The topological polar surface area (TPSA) is 73.3 Å². The maximum absolute atomic E-state index is 12.1. The molecule has 1 aromatic heterocycles. The van der Waals surface area contributed by atoms with Gasteiger partial charge in [0.05, 0.1) is 17.6 Å². The van der Waals surface area contributed by atoms with Crippen molar-refractivity contribution in [1.29, 1.82) is 0 Å². The van der Waals surface area contributed by atoms with Gasteiger partial charge in [-0.1, -0.05) is 42.5 Å². The van der Waals surface area contributed by atoms with Gasteiger partial charge in [-0.2, -0.15) is 5.10 Å². The van der Waals surface area contributed by atoms with Crippen LogP contribution in [0, 0.1) is 0 Å². The van der Waals surface area contributed by atoms with Crippen molar-refractivity contribution in [3.8, 4) is 22.4 Å². The number of ketones is 1. The largest absolute Gasteiger partial charge is 0.325 e. The average molecular weight is 330 g/mol. The number of nitrogens with two attached hydrogens (primary N) is 1. The molecular weight excluding hydrogens is 312 g/mol. The van der Waals surface area contributed by atoms with Crippen LogP contribution < -0.4 is 5.73 Å². The van der Waals surface area contributed by atoms with Crippen molar-refractivity contribution in [3.05, 3.63) is 65.9 Å². The Labute approximate surface area is 145 Å². The Morgan fingerprint density at radius 3 is 2.60 bits per heavy atom. The van der Waals surface area contributed by atoms with Crippen molar-refractivity contribution in [1.82, 2.24) is 9.78 Å². The van der Waals surface area contributed by atoms with E-state index in [1.54, 1.807) is 0 Å². The summed E-state index contributed by atoms with van der Waals surface area (Å²) in [6.45, 7) is 0.503. The molecule has 0 aliphatic carbocycles. The molecular formula is C20H18N4O. The number of aliphatic imine (C=N–C) groups is 1. The minimum atomic E-state index is 0.0354. The molecule has 5 nitrogen and oxygen atoms in total. The summed E-state index contributed by atoms with van der Waals surface area (Å²) in [7, 11) is 1.93. The van der Waals surface area contributed by atoms with E-state index in [0.29, 0.717) is 12.1 Å². The SMILES string of the molecule is Cn1ncc(-c2ccc3c(c2)C(CN)=NCC3=O)c1-c1ccccc1. The summed E-state index contributed by atoms with van der Waals surface area (Å²) < 4.78 is 1.87. The third-order valence-corrected chi connectivity index (χ3v) is 4.53. The van der Waals surface area contributed by atoms with Crippen molar-refractivity contribution >= 4 is 11.5 Å². The Morgan fingerprint density at radius 2 is 1.84 bits per heavy atom. The number of rotatable bonds is 3. The molecule has 5 heteroatoms. The number of Topliss-reactive ketones (excluding diaryl/α,β-unsaturated/α-hetero) is 1. The first-order valence-corrected chi connectivity index (χ1v) is 8.18. The van der Waals surface area contributed by atoms with Crippen LogP contribution in [0.1, 0.15) is 15.9 Å². The van der Waals surface area contributed by atoms with E-state index in [4.69, 9.17) is 5.73 Å². The number of aromatic nitrogens is 2. The van der Waals surface area contributed by atoms with E-state index in [9.17, 15) is 4.79 Å². The highest BCUT2D eigenvalue weighted by Gasteiger charge is 2.21. The molecule has 25 heavy (non-hydrogen) atoms. The minimum absolute atomic E-state index is 0.0354. The van der Waals surface area contributed by atoms with Crippen LogP contribution in [0.2, 0.25) is 0 Å². The zero-order valence-electron chi connectivity index (χ0n) is 13.9. The number of nitrogens with zero attached hydrogens (tertiary/aromatic N) is 3. The third-order valence-electron chi connectivity index (χ3n) is 4.53. The van der Waals surface area contributed by atoms with Gasteiger partial charge in [0.1, 0.15) is 6.54 Å². The van der Waals surface area contributed by atoms with Crippen LogP contribution in [0.5, 0.6) is 0 Å². The number of aryl methyl sites for hydroxylation is 1. The van der Waals surface area contributed by atoms with Crippen LogP contribution in [0.3, 0.4) is 0 Å². The van der Waals surface area contributed by atoms with Crippen molar-refractivity contribution in [2.45, 2.75) is 0 Å². The second kappa shape index (κ2) is 6.11. The van der Waals surface area contributed by atoms with Crippen LogP contribution in [-0.2, 0) is 7.05 Å². The Balaban J connectivity index is 1.88. The fraction of sp³-hybridized carbons (Fsp3) is 0.150. The summed E-state index contributed by atoms with van der Waals surface area (Å²) in [6.07, 6.45) is 1.86. The Kier molecular flexibility index (Phi) is 3.78. The molecule has 0 atom stereocenters. The molecule has 124 valence electrons. The molecule has 0 bridgehead atoms. The lowest BCUT2D eigenvalue weighted by Gasteiger charge is -2.16. The van der Waals surface area contributed by atoms with E-state index < -0.39 is 0 Å². The second-order valence-corrected chi connectivity index (χ2v) is 6.05. The van der Waals surface area contributed by atoms with Crippen molar-refractivity contribution in [2.75, 3.05) is 13.1 Å². The number of hydrogen-bond donors (Lipinski definition) is 1. The number of carbonyl (C=O) groups excluding carboxylic acids is 1. The molecule has 0 radical (unpaired) electrons. The second-order valence-electron chi connectivity index (χ2n) is 6.05. The van der Waals surface area contributed by atoms with Gasteiger partial charge in [-0.25, -0.2) is 0 Å². The quantitative estimate of drug-likeness (QED) is 0.802. The number of hydrogen-bond acceptors (Lipinski definition) is 4. The van der Waals surface area contributed by atoms with Gasteiger partial charge < -0.3 is 5.73 Å². The van der Waals surface area contributed by atoms with E-state index in [0.717, 1.165) is 33.7 Å². The predicted molar refractivity (Wildman–Crippen MR) is 98.9 cm³/mol. The summed E-state index contributed by atoms with van der Waals surface area (Å²) >= 11 is 0. The summed E-state index contributed by atoms with van der Waals surface area (Å²) in [6, 6.07) is 16.0. The first-order chi connectivity index (χ1) is 12.2. The molecule has 0 fully saturated rings. The van der Waals surface area contributed by atoms with E-state index >= 15 is 0 Å². The lowest BCUT2D eigenvalue weighted by atomic mass is 9.92. The molecule has 2 heterocycles. The highest BCUT2D eigenvalue weighted by atomic mass is 16.1. The first kappa shape index (κ1) is 15.5. The first-order valence-electron chi connectivity index (χ1n) is 8.18. The standard InChI is InChI=1S/C20H18N4O/c1-24-20(13-5-3-2-4-6-13)17(11-23-24)14-7-8-15-16(9-14)18(10-21)22-12-19(15)25/h2-9,11H,10,12,21H2,1H3. The lowest BCUT2D eigenvalue weighted by Crippen LogP contribution is -2.24. The van der Waals surface area contributed by atoms with Crippen molar-refractivity contribution < 1.29 is 4.79 Å². The van der Waals surface area contributed by atoms with Crippen LogP contribution in [0.15, 0.2) is 59.7 Å². The maximum atomic E-state index is 12.1. The summed E-state index contributed by atoms with van der Waals surface area (Å²) in [5.74, 6) is 0.0354. The summed E-state index contributed by atoms with van der Waals surface area (Å²) in [5, 5.41) is 4.43. The van der Waals surface area contributed by atoms with E-state index in [1.165, 1.54) is 0 Å². The average Bonchev–Trinajstić information content (AvgIpc) is 3.04. The predicted octanol–water partition coefficient (Wildman–Crippen LogP) is 2.70. The van der Waals surface area contributed by atoms with Gasteiger partial charge in [0.15, 0.2) is 5.78 Å². The normalized spacial score (nSPS) is 13.5. The molecule has 1 aliphatic heterocycles. The van der Waals surface area contributed by atoms with Crippen LogP contribution in [-0.4, -0.2) is 34.4 Å². The Morgan fingerprint density at radius 1 is 1.04 bits per heavy atom. The van der Waals surface area contributed by atoms with Gasteiger partial charge in [-0.15, -0.1) is 0 Å². The molecule has 2 aromatic carbocycles. The van der Waals surface area contributed by atoms with Gasteiger partial charge in [0.25, 0.3) is 0 Å². The molecule has 0 amide bonds. The molecule has 0 spiro atoms. The highest BCUT2D eigenvalue weighted by Crippen LogP contribution is 2.33. The van der Waals surface area contributed by atoms with Gasteiger partial charge >= 0.3 is 0 Å². The molecule has 4 rings (SSSR count). The van der Waals surface area contributed by atoms with Gasteiger partial charge in [-0.3, -0.25) is 14.5 Å². The van der Waals surface area contributed by atoms with Crippen LogP contribution in [0.4, 0.5) is 0 Å². The van der Waals surface area contributed by atoms with E-state index in [-0.39, 0.29) is 12.3 Å². The van der Waals surface area contributed by atoms with Crippen molar-refractivity contribution in [2.24, 2.45) is 17.8 Å². The summed E-state index contributed by atoms with van der Waals surface area (Å²) in [4.78, 5) is 16.4. The molecule has 0 saturated heterocycles. The fourth-order valence-corrected chi connectivity index (χ4v) is 3.29. The lowest BCUT2D eigenvalue weighted by molar-refractivity contribution is 0.1000. The molecule has 3 aromatic rings. The minimum Gasteiger partial charge on any atom is -0.325 e. The fourth-order valence-electron chi connectivity index (χ4n) is 3.29. The third kappa shape index (κ3) is 2.58. The molecule has 0 saturated carbocycles. The van der Waals surface area contributed by atoms with Gasteiger partial charge in [-0.05, 0) is 11.6 Å². The summed E-state index contributed by atoms with van der Waals surface area (Å²) in [5.41, 5.74) is 12.3.